The molecule has 0 saturated carbocycles. The minimum Gasteiger partial charge on any atom is -0.367 e. The molecule has 1 atom stereocenters. The highest BCUT2D eigenvalue weighted by Crippen LogP contribution is 2.02. The van der Waals surface area contributed by atoms with Crippen molar-refractivity contribution in [1.82, 2.24) is 20.1 Å². The number of aromatic nitrogens is 3. The first kappa shape index (κ1) is 13.5. The van der Waals surface area contributed by atoms with E-state index in [0.717, 1.165) is 12.8 Å². The van der Waals surface area contributed by atoms with E-state index in [1.807, 2.05) is 6.92 Å². The zero-order valence-electron chi connectivity index (χ0n) is 10.5. The number of carbonyl (C=O) groups is 1. The largest absolute Gasteiger partial charge is 0.367 e. The fourth-order valence-electron chi connectivity index (χ4n) is 1.63. The molecule has 0 spiro atoms. The summed E-state index contributed by atoms with van der Waals surface area (Å²) < 4.78 is 1.43. The second-order valence-corrected chi connectivity index (χ2v) is 4.26. The van der Waals surface area contributed by atoms with Gasteiger partial charge in [0.05, 0.1) is 0 Å². The Bertz CT molecular complexity index is 349. The first-order chi connectivity index (χ1) is 8.11. The van der Waals surface area contributed by atoms with Gasteiger partial charge in [-0.25, -0.2) is 9.67 Å². The van der Waals surface area contributed by atoms with Crippen LogP contribution < -0.4 is 11.1 Å². The number of amides is 1. The Morgan fingerprint density at radius 2 is 2.35 bits per heavy atom. The van der Waals surface area contributed by atoms with Crippen LogP contribution in [-0.2, 0) is 11.3 Å². The number of hydrogen-bond acceptors (Lipinski definition) is 4. The van der Waals surface area contributed by atoms with Gasteiger partial charge in [0, 0.05) is 6.04 Å². The van der Waals surface area contributed by atoms with Crippen LogP contribution in [0.25, 0.3) is 0 Å². The van der Waals surface area contributed by atoms with Gasteiger partial charge < -0.3 is 11.1 Å². The van der Waals surface area contributed by atoms with Crippen LogP contribution in [0.2, 0.25) is 0 Å². The molecular weight excluding hydrogens is 218 g/mol. The van der Waals surface area contributed by atoms with E-state index in [9.17, 15) is 4.79 Å². The monoisotopic (exact) mass is 239 g/mol. The van der Waals surface area contributed by atoms with Gasteiger partial charge in [-0.05, 0) is 13.3 Å². The first-order valence-electron chi connectivity index (χ1n) is 6.06. The summed E-state index contributed by atoms with van der Waals surface area (Å²) in [5, 5.41) is 6.78. The van der Waals surface area contributed by atoms with Gasteiger partial charge in [-0.2, -0.15) is 0 Å². The molecular formula is C11H21N5O. The van der Waals surface area contributed by atoms with Crippen molar-refractivity contribution >= 4 is 11.9 Å². The van der Waals surface area contributed by atoms with Crippen LogP contribution in [0.1, 0.15) is 39.5 Å². The van der Waals surface area contributed by atoms with Crippen LogP contribution >= 0.6 is 0 Å². The van der Waals surface area contributed by atoms with Gasteiger partial charge in [0.25, 0.3) is 0 Å². The van der Waals surface area contributed by atoms with Crippen LogP contribution in [-0.4, -0.2) is 26.7 Å². The number of rotatable bonds is 7. The minimum atomic E-state index is -0.0566. The lowest BCUT2D eigenvalue weighted by atomic mass is 10.1. The standard InChI is InChI=1S/C11H21N5O/c1-3-4-5-6-9(2)14-10(17)7-16-8-13-11(12)15-16/h8-9H,3-7H2,1-2H3,(H2,12,15)(H,14,17). The highest BCUT2D eigenvalue weighted by atomic mass is 16.2. The van der Waals surface area contributed by atoms with E-state index in [1.165, 1.54) is 23.9 Å². The molecule has 1 rings (SSSR count). The van der Waals surface area contributed by atoms with Crippen LogP contribution in [0.5, 0.6) is 0 Å². The molecule has 1 amide bonds. The van der Waals surface area contributed by atoms with Crippen LogP contribution in [0.15, 0.2) is 6.33 Å². The maximum absolute atomic E-state index is 11.6. The molecule has 0 fully saturated rings. The van der Waals surface area contributed by atoms with E-state index < -0.39 is 0 Å². The summed E-state index contributed by atoms with van der Waals surface area (Å²) in [7, 11) is 0. The van der Waals surface area contributed by atoms with Crippen molar-refractivity contribution in [3.8, 4) is 0 Å². The average Bonchev–Trinajstić information content (AvgIpc) is 2.64. The highest BCUT2D eigenvalue weighted by Gasteiger charge is 2.08. The molecule has 1 unspecified atom stereocenters. The van der Waals surface area contributed by atoms with Crippen LogP contribution in [0, 0.1) is 0 Å². The number of nitrogens with zero attached hydrogens (tertiary/aromatic N) is 3. The quantitative estimate of drug-likeness (QED) is 0.693. The molecule has 0 radical (unpaired) electrons. The molecule has 0 bridgehead atoms. The van der Waals surface area contributed by atoms with Crippen molar-refractivity contribution in [2.24, 2.45) is 0 Å². The minimum absolute atomic E-state index is 0.0566. The third kappa shape index (κ3) is 5.33. The fourth-order valence-corrected chi connectivity index (χ4v) is 1.63. The molecule has 3 N–H and O–H groups in total. The summed E-state index contributed by atoms with van der Waals surface area (Å²) in [5.41, 5.74) is 5.36. The van der Waals surface area contributed by atoms with Crippen molar-refractivity contribution in [1.29, 1.82) is 0 Å². The number of carbonyl (C=O) groups excluding carboxylic acids is 1. The summed E-state index contributed by atoms with van der Waals surface area (Å²) in [6.45, 7) is 4.35. The van der Waals surface area contributed by atoms with E-state index in [2.05, 4.69) is 22.3 Å². The van der Waals surface area contributed by atoms with E-state index in [-0.39, 0.29) is 24.4 Å². The summed E-state index contributed by atoms with van der Waals surface area (Å²) in [6, 6.07) is 0.204. The average molecular weight is 239 g/mol. The smallest absolute Gasteiger partial charge is 0.242 e. The molecule has 96 valence electrons. The summed E-state index contributed by atoms with van der Waals surface area (Å²) >= 11 is 0. The normalized spacial score (nSPS) is 12.4. The van der Waals surface area contributed by atoms with E-state index in [1.54, 1.807) is 0 Å². The third-order valence-electron chi connectivity index (χ3n) is 2.51. The second-order valence-electron chi connectivity index (χ2n) is 4.26. The number of nitrogen functional groups attached to an aromatic ring is 1. The van der Waals surface area contributed by atoms with Gasteiger partial charge in [0.1, 0.15) is 12.9 Å². The SMILES string of the molecule is CCCCCC(C)NC(=O)Cn1cnc(N)n1. The summed E-state index contributed by atoms with van der Waals surface area (Å²) in [6.07, 6.45) is 6.02. The third-order valence-corrected chi connectivity index (χ3v) is 2.51. The van der Waals surface area contributed by atoms with Crippen molar-refractivity contribution in [2.45, 2.75) is 52.1 Å². The molecule has 17 heavy (non-hydrogen) atoms. The topological polar surface area (TPSA) is 85.8 Å². The van der Waals surface area contributed by atoms with Gasteiger partial charge in [0.2, 0.25) is 11.9 Å². The maximum Gasteiger partial charge on any atom is 0.242 e. The molecule has 6 heteroatoms. The van der Waals surface area contributed by atoms with Gasteiger partial charge in [-0.1, -0.05) is 26.2 Å². The zero-order valence-corrected chi connectivity index (χ0v) is 10.5. The Balaban J connectivity index is 2.24. The Labute approximate surface area is 102 Å². The van der Waals surface area contributed by atoms with Crippen LogP contribution in [0.3, 0.4) is 0 Å². The number of anilines is 1. The predicted octanol–water partition coefficient (Wildman–Crippen LogP) is 0.945. The van der Waals surface area contributed by atoms with E-state index >= 15 is 0 Å². The number of nitrogens with one attached hydrogen (secondary N) is 1. The van der Waals surface area contributed by atoms with E-state index in [0.29, 0.717) is 0 Å². The molecule has 1 heterocycles. The van der Waals surface area contributed by atoms with Crippen LogP contribution in [0.4, 0.5) is 5.95 Å². The number of unbranched alkanes of at least 4 members (excludes halogenated alkanes) is 2. The Morgan fingerprint density at radius 3 is 2.94 bits per heavy atom. The van der Waals surface area contributed by atoms with Gasteiger partial charge >= 0.3 is 0 Å². The van der Waals surface area contributed by atoms with Crippen molar-refractivity contribution in [2.75, 3.05) is 5.73 Å². The number of hydrogen-bond donors (Lipinski definition) is 2. The lowest BCUT2D eigenvalue weighted by molar-refractivity contribution is -0.122. The lowest BCUT2D eigenvalue weighted by Gasteiger charge is -2.13. The van der Waals surface area contributed by atoms with Crippen molar-refractivity contribution < 1.29 is 4.79 Å². The first-order valence-corrected chi connectivity index (χ1v) is 6.06. The molecule has 1 aromatic rings. The maximum atomic E-state index is 11.6. The molecule has 0 saturated heterocycles. The summed E-state index contributed by atoms with van der Waals surface area (Å²) in [5.74, 6) is 0.132. The Hall–Kier alpha value is -1.59. The van der Waals surface area contributed by atoms with E-state index in [4.69, 9.17) is 5.73 Å². The highest BCUT2D eigenvalue weighted by molar-refractivity contribution is 5.75. The second kappa shape index (κ2) is 6.88. The van der Waals surface area contributed by atoms with Crippen molar-refractivity contribution in [3.63, 3.8) is 0 Å². The summed E-state index contributed by atoms with van der Waals surface area (Å²) in [4.78, 5) is 15.4. The van der Waals surface area contributed by atoms with Gasteiger partial charge in [-0.15, -0.1) is 5.10 Å². The molecule has 0 aliphatic heterocycles. The molecule has 1 aromatic heterocycles. The molecule has 6 nitrogen and oxygen atoms in total. The van der Waals surface area contributed by atoms with Gasteiger partial charge in [0.15, 0.2) is 0 Å². The Morgan fingerprint density at radius 1 is 1.59 bits per heavy atom. The lowest BCUT2D eigenvalue weighted by Crippen LogP contribution is -2.35. The number of nitrogens with two attached hydrogens (primary N) is 1. The molecule has 0 aromatic carbocycles. The molecule has 0 aliphatic rings. The van der Waals surface area contributed by atoms with Crippen molar-refractivity contribution in [3.05, 3.63) is 6.33 Å². The van der Waals surface area contributed by atoms with Gasteiger partial charge in [-0.3, -0.25) is 4.79 Å². The molecule has 0 aliphatic carbocycles. The zero-order chi connectivity index (χ0) is 12.7. The Kier molecular flexibility index (Phi) is 5.45. The predicted molar refractivity (Wildman–Crippen MR) is 66.2 cm³/mol. The fraction of sp³-hybridized carbons (Fsp3) is 0.727.